The number of hydrogen-bond donors (Lipinski definition) is 1. The number of amides is 1. The third-order valence-corrected chi connectivity index (χ3v) is 3.57. The highest BCUT2D eigenvalue weighted by atomic mass is 16.2. The molecule has 0 aromatic heterocycles. The third-order valence-electron chi connectivity index (χ3n) is 3.57. The molecule has 0 radical (unpaired) electrons. The van der Waals surface area contributed by atoms with Crippen LogP contribution in [0, 0.1) is 6.92 Å². The van der Waals surface area contributed by atoms with Crippen LogP contribution in [0.2, 0.25) is 0 Å². The summed E-state index contributed by atoms with van der Waals surface area (Å²) in [5, 5.41) is 0. The van der Waals surface area contributed by atoms with E-state index in [1.54, 1.807) is 0 Å². The Bertz CT molecular complexity index is 588. The minimum Gasteiger partial charge on any atom is -0.399 e. The maximum atomic E-state index is 12.4. The molecule has 0 saturated carbocycles. The fourth-order valence-corrected chi connectivity index (χ4v) is 2.30. The molecule has 2 aromatic carbocycles. The van der Waals surface area contributed by atoms with Crippen LogP contribution in [0.15, 0.2) is 48.5 Å². The van der Waals surface area contributed by atoms with Crippen molar-refractivity contribution in [3.8, 4) is 0 Å². The van der Waals surface area contributed by atoms with E-state index in [4.69, 9.17) is 5.73 Å². The maximum absolute atomic E-state index is 12.4. The first-order valence-corrected chi connectivity index (χ1v) is 7.31. The van der Waals surface area contributed by atoms with Crippen molar-refractivity contribution in [3.05, 3.63) is 59.7 Å². The number of nitrogens with two attached hydrogens (primary N) is 1. The van der Waals surface area contributed by atoms with Gasteiger partial charge in [-0.2, -0.15) is 0 Å². The van der Waals surface area contributed by atoms with Gasteiger partial charge in [0.05, 0.1) is 0 Å². The van der Waals surface area contributed by atoms with Gasteiger partial charge in [0.1, 0.15) is 0 Å². The molecule has 0 atom stereocenters. The second kappa shape index (κ2) is 6.93. The van der Waals surface area contributed by atoms with Gasteiger partial charge in [-0.1, -0.05) is 29.8 Å². The molecule has 0 fully saturated rings. The zero-order chi connectivity index (χ0) is 15.2. The molecule has 0 heterocycles. The second-order valence-corrected chi connectivity index (χ2v) is 5.22. The summed E-state index contributed by atoms with van der Waals surface area (Å²) in [7, 11) is 0. The van der Waals surface area contributed by atoms with Crippen LogP contribution in [0.25, 0.3) is 0 Å². The van der Waals surface area contributed by atoms with Crippen molar-refractivity contribution in [2.24, 2.45) is 0 Å². The molecule has 2 aromatic rings. The highest BCUT2D eigenvalue weighted by Gasteiger charge is 2.13. The fraction of sp³-hybridized carbons (Fsp3) is 0.278. The quantitative estimate of drug-likeness (QED) is 0.852. The number of nitrogens with zero attached hydrogens (tertiary/aromatic N) is 1. The molecule has 3 nitrogen and oxygen atoms in total. The van der Waals surface area contributed by atoms with Gasteiger partial charge >= 0.3 is 0 Å². The van der Waals surface area contributed by atoms with Crippen LogP contribution in [0.5, 0.6) is 0 Å². The SMILES string of the molecule is CCN(C(=O)CCc1ccc(N)cc1)c1ccc(C)cc1. The van der Waals surface area contributed by atoms with E-state index in [1.807, 2.05) is 67.3 Å². The van der Waals surface area contributed by atoms with Gasteiger partial charge in [0.2, 0.25) is 5.91 Å². The molecule has 110 valence electrons. The van der Waals surface area contributed by atoms with Crippen molar-refractivity contribution in [1.29, 1.82) is 0 Å². The molecule has 0 saturated heterocycles. The molecule has 2 N–H and O–H groups in total. The minimum absolute atomic E-state index is 0.151. The van der Waals surface area contributed by atoms with Crippen LogP contribution in [-0.2, 0) is 11.2 Å². The van der Waals surface area contributed by atoms with E-state index < -0.39 is 0 Å². The maximum Gasteiger partial charge on any atom is 0.227 e. The van der Waals surface area contributed by atoms with Crippen LogP contribution in [0.1, 0.15) is 24.5 Å². The second-order valence-electron chi connectivity index (χ2n) is 5.22. The van der Waals surface area contributed by atoms with E-state index in [9.17, 15) is 4.79 Å². The molecular weight excluding hydrogens is 260 g/mol. The normalized spacial score (nSPS) is 10.4. The number of carbonyl (C=O) groups is 1. The number of carbonyl (C=O) groups excluding carboxylic acids is 1. The molecule has 21 heavy (non-hydrogen) atoms. The van der Waals surface area contributed by atoms with Gasteiger partial charge in [0.25, 0.3) is 0 Å². The Labute approximate surface area is 126 Å². The highest BCUT2D eigenvalue weighted by molar-refractivity contribution is 5.93. The number of rotatable bonds is 5. The summed E-state index contributed by atoms with van der Waals surface area (Å²) in [6.45, 7) is 4.73. The topological polar surface area (TPSA) is 46.3 Å². The third kappa shape index (κ3) is 4.09. The summed E-state index contributed by atoms with van der Waals surface area (Å²) < 4.78 is 0. The van der Waals surface area contributed by atoms with Gasteiger partial charge in [-0.25, -0.2) is 0 Å². The fourth-order valence-electron chi connectivity index (χ4n) is 2.30. The van der Waals surface area contributed by atoms with Gasteiger partial charge in [-0.15, -0.1) is 0 Å². The van der Waals surface area contributed by atoms with E-state index >= 15 is 0 Å². The molecule has 0 bridgehead atoms. The first-order valence-electron chi connectivity index (χ1n) is 7.31. The summed E-state index contributed by atoms with van der Waals surface area (Å²) in [5.74, 6) is 0.151. The van der Waals surface area contributed by atoms with Crippen LogP contribution in [-0.4, -0.2) is 12.5 Å². The summed E-state index contributed by atoms with van der Waals surface area (Å²) in [6.07, 6.45) is 1.24. The molecule has 0 aliphatic heterocycles. The van der Waals surface area contributed by atoms with E-state index in [-0.39, 0.29) is 5.91 Å². The van der Waals surface area contributed by atoms with Gasteiger partial charge in [-0.05, 0) is 50.1 Å². The largest absolute Gasteiger partial charge is 0.399 e. The summed E-state index contributed by atoms with van der Waals surface area (Å²) in [6, 6.07) is 15.8. The Balaban J connectivity index is 2.00. The molecule has 3 heteroatoms. The molecule has 0 aliphatic rings. The predicted octanol–water partition coefficient (Wildman–Crippen LogP) is 3.56. The Hall–Kier alpha value is -2.29. The van der Waals surface area contributed by atoms with Gasteiger partial charge < -0.3 is 10.6 Å². The lowest BCUT2D eigenvalue weighted by Crippen LogP contribution is -2.30. The van der Waals surface area contributed by atoms with E-state index in [0.717, 1.165) is 23.4 Å². The lowest BCUT2D eigenvalue weighted by Gasteiger charge is -2.21. The standard InChI is InChI=1S/C18H22N2O/c1-3-20(17-11-4-14(2)5-12-17)18(21)13-8-15-6-9-16(19)10-7-15/h4-7,9-12H,3,8,13,19H2,1-2H3. The highest BCUT2D eigenvalue weighted by Crippen LogP contribution is 2.17. The summed E-state index contributed by atoms with van der Waals surface area (Å²) in [5.41, 5.74) is 9.71. The Morgan fingerprint density at radius 2 is 1.67 bits per heavy atom. The predicted molar refractivity (Wildman–Crippen MR) is 88.4 cm³/mol. The van der Waals surface area contributed by atoms with Crippen molar-refractivity contribution in [3.63, 3.8) is 0 Å². The Morgan fingerprint density at radius 3 is 2.24 bits per heavy atom. The van der Waals surface area contributed by atoms with Crippen molar-refractivity contribution in [2.45, 2.75) is 26.7 Å². The zero-order valence-electron chi connectivity index (χ0n) is 12.7. The van der Waals surface area contributed by atoms with Gasteiger partial charge in [0, 0.05) is 24.3 Å². The average Bonchev–Trinajstić information content (AvgIpc) is 2.49. The summed E-state index contributed by atoms with van der Waals surface area (Å²) in [4.78, 5) is 14.2. The zero-order valence-corrected chi connectivity index (χ0v) is 12.7. The van der Waals surface area contributed by atoms with Crippen molar-refractivity contribution in [1.82, 2.24) is 0 Å². The van der Waals surface area contributed by atoms with E-state index in [2.05, 4.69) is 0 Å². The Kier molecular flexibility index (Phi) is 4.99. The van der Waals surface area contributed by atoms with Gasteiger partial charge in [0.15, 0.2) is 0 Å². The monoisotopic (exact) mass is 282 g/mol. The smallest absolute Gasteiger partial charge is 0.227 e. The van der Waals surface area contributed by atoms with Crippen LogP contribution < -0.4 is 10.6 Å². The molecule has 1 amide bonds. The first kappa shape index (κ1) is 15.1. The first-order chi connectivity index (χ1) is 10.1. The van der Waals surface area contributed by atoms with E-state index in [0.29, 0.717) is 13.0 Å². The molecule has 0 spiro atoms. The Morgan fingerprint density at radius 1 is 1.05 bits per heavy atom. The number of nitrogen functional groups attached to an aromatic ring is 1. The molecular formula is C18H22N2O. The molecule has 0 aliphatic carbocycles. The van der Waals surface area contributed by atoms with Crippen molar-refractivity contribution < 1.29 is 4.79 Å². The lowest BCUT2D eigenvalue weighted by atomic mass is 10.1. The lowest BCUT2D eigenvalue weighted by molar-refractivity contribution is -0.118. The van der Waals surface area contributed by atoms with Gasteiger partial charge in [-0.3, -0.25) is 4.79 Å². The van der Waals surface area contributed by atoms with Crippen molar-refractivity contribution >= 4 is 17.3 Å². The average molecular weight is 282 g/mol. The molecule has 2 rings (SSSR count). The minimum atomic E-state index is 0.151. The number of aryl methyl sites for hydroxylation is 2. The van der Waals surface area contributed by atoms with Crippen LogP contribution in [0.3, 0.4) is 0 Å². The molecule has 0 unspecified atom stereocenters. The van der Waals surface area contributed by atoms with E-state index in [1.165, 1.54) is 5.56 Å². The number of benzene rings is 2. The van der Waals surface area contributed by atoms with Crippen LogP contribution >= 0.6 is 0 Å². The summed E-state index contributed by atoms with van der Waals surface area (Å²) >= 11 is 0. The number of hydrogen-bond acceptors (Lipinski definition) is 2. The van der Waals surface area contributed by atoms with Crippen molar-refractivity contribution in [2.75, 3.05) is 17.2 Å². The number of anilines is 2. The van der Waals surface area contributed by atoms with Crippen LogP contribution in [0.4, 0.5) is 11.4 Å².